The summed E-state index contributed by atoms with van der Waals surface area (Å²) in [5.74, 6) is 0.0502. The molecule has 0 saturated carbocycles. The van der Waals surface area contributed by atoms with E-state index in [-0.39, 0.29) is 17.8 Å². The summed E-state index contributed by atoms with van der Waals surface area (Å²) in [6.07, 6.45) is 2.41. The van der Waals surface area contributed by atoms with Crippen molar-refractivity contribution in [2.24, 2.45) is 0 Å². The second kappa shape index (κ2) is 9.26. The first kappa shape index (κ1) is 20.6. The highest BCUT2D eigenvalue weighted by Gasteiger charge is 2.27. The fraction of sp³-hybridized carbons (Fsp3) is 0.579. The van der Waals surface area contributed by atoms with Crippen LogP contribution < -0.4 is 5.32 Å². The predicted octanol–water partition coefficient (Wildman–Crippen LogP) is 3.82. The number of carbonyl (C=O) groups is 2. The SMILES string of the molecule is CC(C)(C)OC(=O)NCC1CCCCN1C(=O)CSc1ccc(F)cc1. The molecule has 1 unspecified atom stereocenters. The second-order valence-corrected chi connectivity index (χ2v) is 8.41. The average molecular weight is 383 g/mol. The van der Waals surface area contributed by atoms with Crippen molar-refractivity contribution in [2.45, 2.75) is 56.6 Å². The Kier molecular flexibility index (Phi) is 7.32. The van der Waals surface area contributed by atoms with Gasteiger partial charge in [-0.05, 0) is 64.3 Å². The molecule has 5 nitrogen and oxygen atoms in total. The molecule has 0 bridgehead atoms. The van der Waals surface area contributed by atoms with Crippen molar-refractivity contribution in [3.63, 3.8) is 0 Å². The number of carbonyl (C=O) groups excluding carboxylic acids is 2. The van der Waals surface area contributed by atoms with Gasteiger partial charge >= 0.3 is 6.09 Å². The fourth-order valence-electron chi connectivity index (χ4n) is 2.82. The lowest BCUT2D eigenvalue weighted by atomic mass is 10.0. The number of thioether (sulfide) groups is 1. The monoisotopic (exact) mass is 382 g/mol. The molecule has 1 fully saturated rings. The number of hydrogen-bond donors (Lipinski definition) is 1. The number of benzene rings is 1. The van der Waals surface area contributed by atoms with Crippen molar-refractivity contribution in [3.05, 3.63) is 30.1 Å². The van der Waals surface area contributed by atoms with Crippen molar-refractivity contribution in [1.29, 1.82) is 0 Å². The van der Waals surface area contributed by atoms with E-state index in [1.54, 1.807) is 12.1 Å². The van der Waals surface area contributed by atoms with E-state index in [9.17, 15) is 14.0 Å². The van der Waals surface area contributed by atoms with Crippen LogP contribution in [-0.4, -0.2) is 47.4 Å². The zero-order chi connectivity index (χ0) is 19.2. The lowest BCUT2D eigenvalue weighted by molar-refractivity contribution is -0.131. The van der Waals surface area contributed by atoms with Gasteiger partial charge in [-0.3, -0.25) is 4.79 Å². The van der Waals surface area contributed by atoms with Gasteiger partial charge < -0.3 is 15.0 Å². The van der Waals surface area contributed by atoms with Gasteiger partial charge in [0.05, 0.1) is 5.75 Å². The van der Waals surface area contributed by atoms with Crippen LogP contribution in [0.25, 0.3) is 0 Å². The van der Waals surface area contributed by atoms with Crippen LogP contribution in [0.4, 0.5) is 9.18 Å². The number of rotatable bonds is 5. The standard InChI is InChI=1S/C19H27FN2O3S/c1-19(2,3)25-18(24)21-12-15-6-4-5-11-22(15)17(23)13-26-16-9-7-14(20)8-10-16/h7-10,15H,4-6,11-13H2,1-3H3,(H,21,24). The van der Waals surface area contributed by atoms with E-state index in [0.29, 0.717) is 18.8 Å². The third-order valence-corrected chi connectivity index (χ3v) is 5.00. The van der Waals surface area contributed by atoms with E-state index in [4.69, 9.17) is 4.74 Å². The Morgan fingerprint density at radius 3 is 2.62 bits per heavy atom. The zero-order valence-corrected chi connectivity index (χ0v) is 16.4. The van der Waals surface area contributed by atoms with Crippen molar-refractivity contribution < 1.29 is 18.7 Å². The minimum atomic E-state index is -0.544. The molecule has 0 aliphatic carbocycles. The Morgan fingerprint density at radius 1 is 1.27 bits per heavy atom. The highest BCUT2D eigenvalue weighted by molar-refractivity contribution is 8.00. The van der Waals surface area contributed by atoms with Gasteiger partial charge in [0.15, 0.2) is 0 Å². The molecule has 2 amide bonds. The number of hydrogen-bond acceptors (Lipinski definition) is 4. The van der Waals surface area contributed by atoms with Gasteiger partial charge in [-0.2, -0.15) is 0 Å². The molecule has 1 aliphatic heterocycles. The summed E-state index contributed by atoms with van der Waals surface area (Å²) in [4.78, 5) is 27.2. The van der Waals surface area contributed by atoms with Crippen LogP contribution >= 0.6 is 11.8 Å². The fourth-order valence-corrected chi connectivity index (χ4v) is 3.60. The first-order valence-electron chi connectivity index (χ1n) is 8.89. The molecule has 1 atom stereocenters. The zero-order valence-electron chi connectivity index (χ0n) is 15.6. The molecule has 26 heavy (non-hydrogen) atoms. The number of piperidine rings is 1. The van der Waals surface area contributed by atoms with E-state index in [1.807, 2.05) is 25.7 Å². The van der Waals surface area contributed by atoms with Gasteiger partial charge in [0.2, 0.25) is 5.91 Å². The van der Waals surface area contributed by atoms with Crippen LogP contribution in [0.3, 0.4) is 0 Å². The molecule has 1 aromatic carbocycles. The van der Waals surface area contributed by atoms with Crippen LogP contribution in [0, 0.1) is 5.82 Å². The van der Waals surface area contributed by atoms with Crippen LogP contribution in [0.1, 0.15) is 40.0 Å². The van der Waals surface area contributed by atoms with Crippen molar-refractivity contribution in [3.8, 4) is 0 Å². The first-order valence-corrected chi connectivity index (χ1v) is 9.88. The minimum absolute atomic E-state index is 0.0161. The molecule has 1 aromatic rings. The Morgan fingerprint density at radius 2 is 1.96 bits per heavy atom. The molecule has 7 heteroatoms. The topological polar surface area (TPSA) is 58.6 Å². The summed E-state index contributed by atoms with van der Waals surface area (Å²) in [7, 11) is 0. The lowest BCUT2D eigenvalue weighted by Crippen LogP contribution is -2.50. The number of nitrogens with zero attached hydrogens (tertiary/aromatic N) is 1. The van der Waals surface area contributed by atoms with E-state index in [2.05, 4.69) is 5.32 Å². The maximum absolute atomic E-state index is 13.0. The molecule has 144 valence electrons. The number of likely N-dealkylation sites (tertiary alicyclic amines) is 1. The van der Waals surface area contributed by atoms with E-state index in [0.717, 1.165) is 24.2 Å². The molecule has 1 heterocycles. The van der Waals surface area contributed by atoms with Crippen molar-refractivity contribution in [2.75, 3.05) is 18.8 Å². The third-order valence-electron chi connectivity index (χ3n) is 4.00. The van der Waals surface area contributed by atoms with Gasteiger partial charge in [0, 0.05) is 24.0 Å². The van der Waals surface area contributed by atoms with E-state index >= 15 is 0 Å². The third kappa shape index (κ3) is 6.86. The summed E-state index contributed by atoms with van der Waals surface area (Å²) >= 11 is 1.40. The maximum Gasteiger partial charge on any atom is 0.407 e. The molecule has 1 aliphatic rings. The Balaban J connectivity index is 1.85. The molecule has 1 N–H and O–H groups in total. The summed E-state index contributed by atoms with van der Waals surface area (Å²) in [5, 5.41) is 2.77. The Hall–Kier alpha value is -1.76. The average Bonchev–Trinajstić information content (AvgIpc) is 2.58. The van der Waals surface area contributed by atoms with Gasteiger partial charge in [-0.25, -0.2) is 9.18 Å². The normalized spacial score (nSPS) is 17.7. The number of amides is 2. The number of alkyl carbamates (subject to hydrolysis) is 1. The smallest absolute Gasteiger partial charge is 0.407 e. The van der Waals surface area contributed by atoms with Crippen molar-refractivity contribution in [1.82, 2.24) is 10.2 Å². The molecular formula is C19H27FN2O3S. The molecule has 2 rings (SSSR count). The summed E-state index contributed by atoms with van der Waals surface area (Å²) in [6.45, 7) is 6.53. The largest absolute Gasteiger partial charge is 0.444 e. The quantitative estimate of drug-likeness (QED) is 0.787. The highest BCUT2D eigenvalue weighted by atomic mass is 32.2. The maximum atomic E-state index is 13.0. The number of halogens is 1. The lowest BCUT2D eigenvalue weighted by Gasteiger charge is -2.36. The highest BCUT2D eigenvalue weighted by Crippen LogP contribution is 2.22. The van der Waals surface area contributed by atoms with E-state index < -0.39 is 11.7 Å². The van der Waals surface area contributed by atoms with E-state index in [1.165, 1.54) is 23.9 Å². The molecular weight excluding hydrogens is 355 g/mol. The van der Waals surface area contributed by atoms with Crippen LogP contribution in [0.2, 0.25) is 0 Å². The predicted molar refractivity (Wildman–Crippen MR) is 101 cm³/mol. The molecule has 0 spiro atoms. The van der Waals surface area contributed by atoms with Gasteiger partial charge in [-0.15, -0.1) is 11.8 Å². The van der Waals surface area contributed by atoms with Crippen LogP contribution in [0.15, 0.2) is 29.2 Å². The van der Waals surface area contributed by atoms with Gasteiger partial charge in [0.1, 0.15) is 11.4 Å². The summed E-state index contributed by atoms with van der Waals surface area (Å²) < 4.78 is 18.2. The second-order valence-electron chi connectivity index (χ2n) is 7.36. The number of ether oxygens (including phenoxy) is 1. The number of nitrogens with one attached hydrogen (secondary N) is 1. The first-order chi connectivity index (χ1) is 12.2. The molecule has 1 saturated heterocycles. The molecule has 0 radical (unpaired) electrons. The Labute approximate surface area is 158 Å². The summed E-state index contributed by atoms with van der Waals surface area (Å²) in [6, 6.07) is 6.11. The van der Waals surface area contributed by atoms with Gasteiger partial charge in [-0.1, -0.05) is 0 Å². The van der Waals surface area contributed by atoms with Gasteiger partial charge in [0.25, 0.3) is 0 Å². The van der Waals surface area contributed by atoms with Crippen LogP contribution in [-0.2, 0) is 9.53 Å². The van der Waals surface area contributed by atoms with Crippen molar-refractivity contribution >= 4 is 23.8 Å². The Bertz CT molecular complexity index is 616. The van der Waals surface area contributed by atoms with Crippen LogP contribution in [0.5, 0.6) is 0 Å². The minimum Gasteiger partial charge on any atom is -0.444 e. The molecule has 0 aromatic heterocycles. The summed E-state index contributed by atoms with van der Waals surface area (Å²) in [5.41, 5.74) is -0.544.